The van der Waals surface area contributed by atoms with Gasteiger partial charge < -0.3 is 19.9 Å². The Balaban J connectivity index is 1.46. The number of piperidine rings is 1. The fourth-order valence-corrected chi connectivity index (χ4v) is 7.28. The van der Waals surface area contributed by atoms with Crippen LogP contribution < -0.4 is 15.0 Å². The molecule has 0 unspecified atom stereocenters. The maximum atomic E-state index is 13.0. The molecule has 240 valence electrons. The van der Waals surface area contributed by atoms with Crippen LogP contribution in [-0.4, -0.2) is 50.2 Å². The van der Waals surface area contributed by atoms with E-state index < -0.39 is 11.7 Å². The van der Waals surface area contributed by atoms with Crippen LogP contribution in [0.1, 0.15) is 55.1 Å². The van der Waals surface area contributed by atoms with Crippen LogP contribution in [-0.2, 0) is 11.6 Å². The Morgan fingerprint density at radius 3 is 2.31 bits per heavy atom. The Morgan fingerprint density at radius 2 is 1.71 bits per heavy atom. The van der Waals surface area contributed by atoms with E-state index >= 15 is 0 Å². The number of methoxy groups -OCH3 is 1. The maximum Gasteiger partial charge on any atom is 0.416 e. The highest BCUT2D eigenvalue weighted by Gasteiger charge is 2.48. The molecule has 3 aromatic rings. The highest BCUT2D eigenvalue weighted by Crippen LogP contribution is 2.56. The number of para-hydroxylation sites is 2. The maximum absolute atomic E-state index is 13.0. The fourth-order valence-electron chi connectivity index (χ4n) is 6.49. The second-order valence-electron chi connectivity index (χ2n) is 13.0. The largest absolute Gasteiger partial charge is 0.495 e. The van der Waals surface area contributed by atoms with Gasteiger partial charge >= 0.3 is 6.18 Å². The summed E-state index contributed by atoms with van der Waals surface area (Å²) in [7, 11) is 1.67. The van der Waals surface area contributed by atoms with Crippen molar-refractivity contribution in [1.29, 1.82) is 0 Å². The summed E-state index contributed by atoms with van der Waals surface area (Å²) >= 11 is 8.34. The van der Waals surface area contributed by atoms with Crippen LogP contribution in [0, 0.1) is 5.41 Å². The van der Waals surface area contributed by atoms with Crippen LogP contribution in [0.3, 0.4) is 0 Å². The number of hydrogen-bond acceptors (Lipinski definition) is 6. The van der Waals surface area contributed by atoms with Crippen LogP contribution in [0.2, 0.25) is 5.02 Å². The number of ether oxygens (including phenoxy) is 1. The number of fused-ring (bicyclic) bond motifs is 2. The average Bonchev–Trinajstić information content (AvgIpc) is 3.32. The van der Waals surface area contributed by atoms with Crippen LogP contribution in [0.15, 0.2) is 71.8 Å². The Bertz CT molecular complexity index is 1580. The minimum absolute atomic E-state index is 0.154. The summed E-state index contributed by atoms with van der Waals surface area (Å²) in [5, 5.41) is 4.71. The monoisotopic (exact) mass is 657 g/mol. The normalized spacial score (nSPS) is 17.0. The van der Waals surface area contributed by atoms with Crippen molar-refractivity contribution in [2.75, 3.05) is 49.8 Å². The molecule has 10 heteroatoms. The van der Waals surface area contributed by atoms with Crippen LogP contribution in [0.4, 0.5) is 30.2 Å². The molecule has 0 atom stereocenters. The Labute approximate surface area is 272 Å². The number of anilines is 3. The molecular weight excluding hydrogens is 619 g/mol. The number of carbonyl (C=O) groups excluding carboxylic acids is 1. The average molecular weight is 658 g/mol. The molecule has 0 amide bonds. The lowest BCUT2D eigenvalue weighted by atomic mass is 9.74. The fraction of sp³-hybridized carbons (Fsp3) is 0.400. The summed E-state index contributed by atoms with van der Waals surface area (Å²) in [6.07, 6.45) is 0.733. The molecule has 0 saturated carbocycles. The molecule has 2 heterocycles. The molecule has 0 aliphatic carbocycles. The van der Waals surface area contributed by atoms with Crippen molar-refractivity contribution in [3.63, 3.8) is 0 Å². The number of ketones is 1. The van der Waals surface area contributed by atoms with Gasteiger partial charge in [0.2, 0.25) is 0 Å². The van der Waals surface area contributed by atoms with Gasteiger partial charge in [-0.2, -0.15) is 13.2 Å². The van der Waals surface area contributed by atoms with Crippen molar-refractivity contribution in [1.82, 2.24) is 4.90 Å². The highest BCUT2D eigenvalue weighted by atomic mass is 35.5. The third-order valence-corrected chi connectivity index (χ3v) is 9.49. The van der Waals surface area contributed by atoms with Crippen molar-refractivity contribution in [2.45, 2.75) is 45.2 Å². The number of halogens is 4. The number of carbonyl (C=O) groups is 1. The first-order valence-electron chi connectivity index (χ1n) is 14.9. The second kappa shape index (κ2) is 12.9. The molecule has 0 radical (unpaired) electrons. The zero-order valence-electron chi connectivity index (χ0n) is 26.2. The van der Waals surface area contributed by atoms with Gasteiger partial charge in [-0.25, -0.2) is 0 Å². The van der Waals surface area contributed by atoms with Crippen LogP contribution in [0.5, 0.6) is 5.75 Å². The number of hydrogen-bond donors (Lipinski definition) is 1. The van der Waals surface area contributed by atoms with Crippen molar-refractivity contribution >= 4 is 46.2 Å². The van der Waals surface area contributed by atoms with Gasteiger partial charge in [0.05, 0.1) is 34.8 Å². The van der Waals surface area contributed by atoms with E-state index in [9.17, 15) is 18.0 Å². The van der Waals surface area contributed by atoms with Crippen LogP contribution in [0.25, 0.3) is 0 Å². The van der Waals surface area contributed by atoms with E-state index in [4.69, 9.17) is 16.3 Å². The smallest absolute Gasteiger partial charge is 0.416 e. The summed E-state index contributed by atoms with van der Waals surface area (Å²) in [6, 6.07) is 16.0. The Morgan fingerprint density at radius 1 is 1.04 bits per heavy atom. The second-order valence-corrected chi connectivity index (χ2v) is 14.2. The van der Waals surface area contributed by atoms with Gasteiger partial charge in [0.25, 0.3) is 0 Å². The molecule has 1 fully saturated rings. The van der Waals surface area contributed by atoms with E-state index in [0.717, 1.165) is 84.6 Å². The minimum atomic E-state index is -4.46. The number of alkyl halides is 3. The van der Waals surface area contributed by atoms with E-state index in [-0.39, 0.29) is 22.2 Å². The minimum Gasteiger partial charge on any atom is -0.495 e. The first kappa shape index (κ1) is 33.2. The van der Waals surface area contributed by atoms with Crippen LogP contribution >= 0.6 is 23.4 Å². The summed E-state index contributed by atoms with van der Waals surface area (Å²) in [5.74, 6) is 0.357. The molecule has 1 N–H and O–H groups in total. The third kappa shape index (κ3) is 7.16. The van der Waals surface area contributed by atoms with E-state index in [0.29, 0.717) is 5.03 Å². The standard InChI is InChI=1S/C35H39ClF3N3O2S/c1-33(2,3)21-41-18-16-34(17-19-41)22-42(32-29(44-4)15-14-25(36)31(32)34)27-9-7-6-8-26(27)40-30(45-5)20-28(43)23-10-12-24(13-11-23)35(37,38)39/h6-15,20,40H,16-19,21-22H2,1-5H3/b30-20-. The Kier molecular flexibility index (Phi) is 9.55. The van der Waals surface area contributed by atoms with E-state index in [2.05, 4.69) is 35.9 Å². The number of benzene rings is 3. The molecule has 2 aliphatic heterocycles. The molecule has 2 aliphatic rings. The highest BCUT2D eigenvalue weighted by molar-refractivity contribution is 8.02. The summed E-state index contributed by atoms with van der Waals surface area (Å²) in [4.78, 5) is 17.9. The molecule has 5 nitrogen and oxygen atoms in total. The first-order valence-corrected chi connectivity index (χ1v) is 16.6. The molecule has 5 rings (SSSR count). The molecule has 1 saturated heterocycles. The lowest BCUT2D eigenvalue weighted by molar-refractivity contribution is -0.137. The van der Waals surface area contributed by atoms with Gasteiger partial charge in [0, 0.05) is 40.7 Å². The van der Waals surface area contributed by atoms with Crippen molar-refractivity contribution in [2.24, 2.45) is 5.41 Å². The molecule has 1 spiro atoms. The van der Waals surface area contributed by atoms with E-state index in [1.807, 2.05) is 42.7 Å². The van der Waals surface area contributed by atoms with Gasteiger partial charge in [0.15, 0.2) is 5.78 Å². The van der Waals surface area contributed by atoms with Crippen molar-refractivity contribution in [3.05, 3.63) is 93.5 Å². The number of rotatable bonds is 8. The van der Waals surface area contributed by atoms with Gasteiger partial charge in [0.1, 0.15) is 5.75 Å². The Hall–Kier alpha value is -3.14. The zero-order valence-corrected chi connectivity index (χ0v) is 27.8. The lowest BCUT2D eigenvalue weighted by Gasteiger charge is -2.42. The van der Waals surface area contributed by atoms with Crippen molar-refractivity contribution in [3.8, 4) is 5.75 Å². The SMILES string of the molecule is COc1ccc(Cl)c2c1N(c1ccccc1N/C(=C/C(=O)c1ccc(C(F)(F)F)cc1)SC)CC21CCN(CC(C)(C)C)CC1. The molecule has 45 heavy (non-hydrogen) atoms. The van der Waals surface area contributed by atoms with Gasteiger partial charge in [-0.3, -0.25) is 4.79 Å². The predicted molar refractivity (Wildman–Crippen MR) is 179 cm³/mol. The quantitative estimate of drug-likeness (QED) is 0.192. The third-order valence-electron chi connectivity index (χ3n) is 8.51. The summed E-state index contributed by atoms with van der Waals surface area (Å²) < 4.78 is 44.9. The topological polar surface area (TPSA) is 44.8 Å². The molecular formula is C35H39ClF3N3O2S. The summed E-state index contributed by atoms with van der Waals surface area (Å²) in [5.41, 5.74) is 3.22. The summed E-state index contributed by atoms with van der Waals surface area (Å²) in [6.45, 7) is 10.5. The number of nitrogens with one attached hydrogen (secondary N) is 1. The number of likely N-dealkylation sites (tertiary alicyclic amines) is 1. The number of nitrogens with zero attached hydrogens (tertiary/aromatic N) is 2. The van der Waals surface area contributed by atoms with E-state index in [1.165, 1.54) is 30.0 Å². The molecule has 0 bridgehead atoms. The van der Waals surface area contributed by atoms with E-state index in [1.54, 1.807) is 7.11 Å². The number of thioether (sulfide) groups is 1. The number of allylic oxidation sites excluding steroid dienone is 1. The molecule has 3 aromatic carbocycles. The van der Waals surface area contributed by atoms with Crippen molar-refractivity contribution < 1.29 is 22.7 Å². The lowest BCUT2D eigenvalue weighted by Crippen LogP contribution is -2.47. The zero-order chi connectivity index (χ0) is 32.6. The molecule has 0 aromatic heterocycles. The van der Waals surface area contributed by atoms with Gasteiger partial charge in [-0.05, 0) is 74.0 Å². The van der Waals surface area contributed by atoms with Gasteiger partial charge in [-0.15, -0.1) is 11.8 Å². The van der Waals surface area contributed by atoms with Gasteiger partial charge in [-0.1, -0.05) is 56.6 Å². The predicted octanol–water partition coefficient (Wildman–Crippen LogP) is 9.40. The first-order chi connectivity index (χ1) is 21.2.